The highest BCUT2D eigenvalue weighted by atomic mass is 16.2. The Hall–Kier alpha value is -2.38. The molecule has 0 saturated heterocycles. The van der Waals surface area contributed by atoms with Crippen molar-refractivity contribution in [1.82, 2.24) is 18.7 Å². The van der Waals surface area contributed by atoms with Crippen LogP contribution < -0.4 is 16.7 Å². The Balaban J connectivity index is 2.21. The highest BCUT2D eigenvalue weighted by molar-refractivity contribution is 5.87. The van der Waals surface area contributed by atoms with Crippen molar-refractivity contribution < 1.29 is 0 Å². The van der Waals surface area contributed by atoms with Gasteiger partial charge in [0.05, 0.1) is 12.3 Å². The van der Waals surface area contributed by atoms with Gasteiger partial charge in [0.2, 0.25) is 5.95 Å². The highest BCUT2D eigenvalue weighted by Crippen LogP contribution is 2.18. The predicted octanol–water partition coefficient (Wildman–Crippen LogP) is 0.888. The summed E-state index contributed by atoms with van der Waals surface area (Å²) in [6, 6.07) is 0. The summed E-state index contributed by atoms with van der Waals surface area (Å²) in [5.41, 5.74) is 3.94. The SMILES string of the molecule is CCCCCn1c(=O)c2c(nc3n2CC(C)=NN3)n(C)c1=O. The lowest BCUT2D eigenvalue weighted by molar-refractivity contribution is 0.549. The number of unbranched alkanes of at least 4 members (excludes halogenated alkanes) is 2. The van der Waals surface area contributed by atoms with E-state index in [9.17, 15) is 9.59 Å². The maximum Gasteiger partial charge on any atom is 0.332 e. The normalized spacial score (nSPS) is 13.9. The molecule has 0 amide bonds. The van der Waals surface area contributed by atoms with E-state index >= 15 is 0 Å². The van der Waals surface area contributed by atoms with Gasteiger partial charge in [0.15, 0.2) is 11.2 Å². The molecule has 22 heavy (non-hydrogen) atoms. The number of hydrogen-bond donors (Lipinski definition) is 1. The molecule has 3 heterocycles. The lowest BCUT2D eigenvalue weighted by Gasteiger charge is -2.13. The zero-order chi connectivity index (χ0) is 15.9. The maximum atomic E-state index is 12.8. The molecule has 0 aliphatic carbocycles. The molecule has 1 aliphatic heterocycles. The second kappa shape index (κ2) is 5.43. The van der Waals surface area contributed by atoms with E-state index in [1.165, 1.54) is 9.13 Å². The van der Waals surface area contributed by atoms with E-state index in [0.717, 1.165) is 25.0 Å². The molecule has 0 unspecified atom stereocenters. The quantitative estimate of drug-likeness (QED) is 0.850. The van der Waals surface area contributed by atoms with Crippen LogP contribution in [0.5, 0.6) is 0 Å². The van der Waals surface area contributed by atoms with E-state index in [1.54, 1.807) is 11.6 Å². The van der Waals surface area contributed by atoms with E-state index in [2.05, 4.69) is 22.4 Å². The molecule has 2 aromatic rings. The van der Waals surface area contributed by atoms with E-state index in [1.807, 2.05) is 6.92 Å². The van der Waals surface area contributed by atoms with Crippen molar-refractivity contribution in [2.75, 3.05) is 5.43 Å². The Morgan fingerprint density at radius 3 is 2.77 bits per heavy atom. The molecule has 0 radical (unpaired) electrons. The monoisotopic (exact) mass is 304 g/mol. The summed E-state index contributed by atoms with van der Waals surface area (Å²) in [6.45, 7) is 4.91. The Morgan fingerprint density at radius 2 is 2.05 bits per heavy atom. The van der Waals surface area contributed by atoms with Crippen molar-refractivity contribution in [3.63, 3.8) is 0 Å². The van der Waals surface area contributed by atoms with Crippen LogP contribution in [-0.4, -0.2) is 24.4 Å². The molecule has 8 nitrogen and oxygen atoms in total. The van der Waals surface area contributed by atoms with Crippen LogP contribution in [0.2, 0.25) is 0 Å². The minimum atomic E-state index is -0.318. The fraction of sp³-hybridized carbons (Fsp3) is 0.571. The van der Waals surface area contributed by atoms with Crippen LogP contribution in [0, 0.1) is 0 Å². The molecule has 3 rings (SSSR count). The number of aryl methyl sites for hydroxylation is 1. The molecule has 1 N–H and O–H groups in total. The summed E-state index contributed by atoms with van der Waals surface area (Å²) in [6.07, 6.45) is 2.85. The highest BCUT2D eigenvalue weighted by Gasteiger charge is 2.22. The van der Waals surface area contributed by atoms with Gasteiger partial charge in [-0.2, -0.15) is 10.1 Å². The first-order valence-corrected chi connectivity index (χ1v) is 7.53. The predicted molar refractivity (Wildman–Crippen MR) is 85.5 cm³/mol. The molecular formula is C14H20N6O2. The third-order valence-corrected chi connectivity index (χ3v) is 3.95. The van der Waals surface area contributed by atoms with Gasteiger partial charge in [-0.05, 0) is 13.3 Å². The maximum absolute atomic E-state index is 12.8. The van der Waals surface area contributed by atoms with Crippen LogP contribution in [0.4, 0.5) is 5.95 Å². The van der Waals surface area contributed by atoms with Crippen molar-refractivity contribution >= 4 is 22.8 Å². The van der Waals surface area contributed by atoms with Crippen LogP contribution in [0.15, 0.2) is 14.7 Å². The number of nitrogens with one attached hydrogen (secondary N) is 1. The van der Waals surface area contributed by atoms with Gasteiger partial charge in [-0.25, -0.2) is 10.2 Å². The molecule has 2 aromatic heterocycles. The second-order valence-corrected chi connectivity index (χ2v) is 5.66. The number of imidazole rings is 1. The molecule has 0 fully saturated rings. The van der Waals surface area contributed by atoms with Crippen LogP contribution >= 0.6 is 0 Å². The number of nitrogens with zero attached hydrogens (tertiary/aromatic N) is 5. The minimum Gasteiger partial charge on any atom is -0.297 e. The third kappa shape index (κ3) is 2.15. The average molecular weight is 304 g/mol. The second-order valence-electron chi connectivity index (χ2n) is 5.66. The van der Waals surface area contributed by atoms with Crippen LogP contribution in [0.25, 0.3) is 11.2 Å². The van der Waals surface area contributed by atoms with Gasteiger partial charge in [0.1, 0.15) is 0 Å². The number of aromatic nitrogens is 4. The zero-order valence-corrected chi connectivity index (χ0v) is 13.1. The van der Waals surface area contributed by atoms with Crippen molar-refractivity contribution in [2.45, 2.75) is 46.2 Å². The average Bonchev–Trinajstić information content (AvgIpc) is 2.87. The summed E-state index contributed by atoms with van der Waals surface area (Å²) >= 11 is 0. The lowest BCUT2D eigenvalue weighted by atomic mass is 10.2. The van der Waals surface area contributed by atoms with Gasteiger partial charge in [0.25, 0.3) is 5.56 Å². The Labute approximate surface area is 127 Å². The first kappa shape index (κ1) is 14.6. The number of fused-ring (bicyclic) bond motifs is 3. The summed E-state index contributed by atoms with van der Waals surface area (Å²) in [4.78, 5) is 29.5. The van der Waals surface area contributed by atoms with Crippen molar-refractivity contribution in [2.24, 2.45) is 12.1 Å². The van der Waals surface area contributed by atoms with Gasteiger partial charge in [0, 0.05) is 13.6 Å². The Bertz CT molecular complexity index is 870. The fourth-order valence-corrected chi connectivity index (χ4v) is 2.74. The number of hydrogen-bond acceptors (Lipinski definition) is 5. The summed E-state index contributed by atoms with van der Waals surface area (Å²) in [5.74, 6) is 0.499. The van der Waals surface area contributed by atoms with Crippen LogP contribution in [-0.2, 0) is 20.1 Å². The van der Waals surface area contributed by atoms with E-state index in [4.69, 9.17) is 0 Å². The van der Waals surface area contributed by atoms with Crippen molar-refractivity contribution in [1.29, 1.82) is 0 Å². The van der Waals surface area contributed by atoms with E-state index < -0.39 is 0 Å². The molecule has 0 atom stereocenters. The number of rotatable bonds is 4. The van der Waals surface area contributed by atoms with E-state index in [0.29, 0.717) is 30.2 Å². The number of anilines is 1. The Morgan fingerprint density at radius 1 is 1.27 bits per heavy atom. The van der Waals surface area contributed by atoms with Gasteiger partial charge in [-0.1, -0.05) is 19.8 Å². The fourth-order valence-electron chi connectivity index (χ4n) is 2.74. The van der Waals surface area contributed by atoms with E-state index in [-0.39, 0.29) is 11.2 Å². The summed E-state index contributed by atoms with van der Waals surface area (Å²) in [5, 5.41) is 4.12. The summed E-state index contributed by atoms with van der Waals surface area (Å²) < 4.78 is 4.54. The van der Waals surface area contributed by atoms with Gasteiger partial charge >= 0.3 is 5.69 Å². The zero-order valence-electron chi connectivity index (χ0n) is 13.1. The molecule has 0 aromatic carbocycles. The van der Waals surface area contributed by atoms with Crippen LogP contribution in [0.3, 0.4) is 0 Å². The van der Waals surface area contributed by atoms with Crippen molar-refractivity contribution in [3.05, 3.63) is 20.8 Å². The molecule has 0 bridgehead atoms. The minimum absolute atomic E-state index is 0.274. The smallest absolute Gasteiger partial charge is 0.297 e. The Kier molecular flexibility index (Phi) is 3.59. The molecule has 0 spiro atoms. The standard InChI is InChI=1S/C14H20N6O2/c1-4-5-6-7-19-12(21)10-11(18(3)14(19)22)15-13-17-16-9(2)8-20(10)13/h4-8H2,1-3H3,(H,15,17). The van der Waals surface area contributed by atoms with Crippen molar-refractivity contribution in [3.8, 4) is 0 Å². The lowest BCUT2D eigenvalue weighted by Crippen LogP contribution is -2.40. The molecule has 0 saturated carbocycles. The largest absolute Gasteiger partial charge is 0.332 e. The number of hydrazone groups is 1. The molecule has 8 heteroatoms. The first-order valence-electron chi connectivity index (χ1n) is 7.53. The van der Waals surface area contributed by atoms with Gasteiger partial charge in [-0.3, -0.25) is 18.5 Å². The van der Waals surface area contributed by atoms with Crippen LogP contribution in [0.1, 0.15) is 33.1 Å². The van der Waals surface area contributed by atoms with Gasteiger partial charge in [-0.15, -0.1) is 0 Å². The first-order chi connectivity index (χ1) is 10.5. The van der Waals surface area contributed by atoms with Gasteiger partial charge < -0.3 is 0 Å². The topological polar surface area (TPSA) is 86.2 Å². The molecular weight excluding hydrogens is 284 g/mol. The molecule has 1 aliphatic rings. The molecule has 118 valence electrons. The third-order valence-electron chi connectivity index (χ3n) is 3.95. The summed E-state index contributed by atoms with van der Waals surface area (Å²) in [7, 11) is 1.65.